The van der Waals surface area contributed by atoms with Crippen LogP contribution in [0.1, 0.15) is 95.5 Å². The Morgan fingerprint density at radius 2 is 1.88 bits per heavy atom. The van der Waals surface area contributed by atoms with Crippen molar-refractivity contribution in [3.05, 3.63) is 52.8 Å². The number of fused-ring (bicyclic) bond motifs is 6. The van der Waals surface area contributed by atoms with Crippen LogP contribution >= 0.6 is 11.5 Å². The number of aromatic nitrogens is 4. The number of ether oxygens (including phenoxy) is 2. The van der Waals surface area contributed by atoms with Crippen molar-refractivity contribution in [1.29, 1.82) is 0 Å². The van der Waals surface area contributed by atoms with Crippen LogP contribution in [0.2, 0.25) is 0 Å². The smallest absolute Gasteiger partial charge is 0.324 e. The first-order valence-electron chi connectivity index (χ1n) is 23.5. The molecule has 356 valence electrons. The Labute approximate surface area is 396 Å². The zero-order valence-electron chi connectivity index (χ0n) is 39.9. The minimum Gasteiger partial charge on any atom is -0.464 e. The average molecular weight is 934 g/mol. The number of nitrogens with zero attached hydrogens (tertiary/aromatic N) is 7. The fourth-order valence-corrected chi connectivity index (χ4v) is 11.2. The Bertz CT molecular complexity index is 2610. The number of rotatable bonds is 8. The fraction of sp³-hybridized carbons (Fsp3) is 0.560. The molecule has 3 aromatic heterocycles. The molecule has 16 nitrogen and oxygen atoms in total. The van der Waals surface area contributed by atoms with Crippen LogP contribution in [0, 0.1) is 35.0 Å². The third-order valence-corrected chi connectivity index (χ3v) is 14.9. The van der Waals surface area contributed by atoms with E-state index in [1.807, 2.05) is 33.0 Å². The number of likely N-dealkylation sites (N-methyl/N-ethyl adjacent to an activating group) is 1. The zero-order valence-corrected chi connectivity index (χ0v) is 40.7. The van der Waals surface area contributed by atoms with E-state index in [1.54, 1.807) is 37.1 Å². The van der Waals surface area contributed by atoms with E-state index in [0.29, 0.717) is 43.2 Å². The summed E-state index contributed by atoms with van der Waals surface area (Å²) in [6, 6.07) is 7.39. The molecule has 0 unspecified atom stereocenters. The number of aryl methyl sites for hydroxylation is 1. The molecule has 6 bridgehead atoms. The monoisotopic (exact) mass is 933 g/mol. The first kappa shape index (κ1) is 47.8. The highest BCUT2D eigenvalue weighted by Crippen LogP contribution is 2.41. The number of nitrogens with one attached hydrogen (secondary N) is 2. The number of methoxy groups -OCH3 is 1. The number of hydrogen-bond acceptors (Lipinski definition) is 12. The molecule has 4 aliphatic rings. The van der Waals surface area contributed by atoms with Crippen molar-refractivity contribution in [1.82, 2.24) is 44.5 Å². The summed E-state index contributed by atoms with van der Waals surface area (Å²) in [4.78, 5) is 83.4. The van der Waals surface area contributed by atoms with Gasteiger partial charge in [-0.1, -0.05) is 39.5 Å². The summed E-state index contributed by atoms with van der Waals surface area (Å²) < 4.78 is 18.9. The molecule has 1 aliphatic carbocycles. The third kappa shape index (κ3) is 9.84. The molecule has 0 spiro atoms. The Balaban J connectivity index is 1.15. The summed E-state index contributed by atoms with van der Waals surface area (Å²) in [5.74, 6) is 3.09. The van der Waals surface area contributed by atoms with Crippen molar-refractivity contribution in [2.45, 2.75) is 110 Å². The molecule has 6 atom stereocenters. The molecule has 6 heterocycles. The van der Waals surface area contributed by atoms with Crippen LogP contribution in [0.15, 0.2) is 36.5 Å². The summed E-state index contributed by atoms with van der Waals surface area (Å²) >= 11 is 1.17. The maximum Gasteiger partial charge on any atom is 0.324 e. The predicted octanol–water partition coefficient (Wildman–Crippen LogP) is 5.25. The second-order valence-electron chi connectivity index (χ2n) is 19.6. The topological polar surface area (TPSA) is 181 Å². The van der Waals surface area contributed by atoms with Crippen LogP contribution in [0.4, 0.5) is 0 Å². The molecule has 67 heavy (non-hydrogen) atoms. The number of esters is 1. The SMILES string of the molecule is CC#CC(=O)N1C[C@H](C)[C@H](C(=O)N(C)[C@H](C(=O)N[C@H]2Cc3nc(ns3)-c3ccc4c(c3)c(c(-c3cccnc3[C@H](C)OC)n4C)CC(C)(C)COC(=O)[C@@H]3CCCN(N3)C2=O)C2CCCC2)C1. The molecule has 4 amide bonds. The molecule has 1 saturated carbocycles. The van der Waals surface area contributed by atoms with Gasteiger partial charge in [-0.05, 0) is 111 Å². The molecule has 1 aromatic carbocycles. The Morgan fingerprint density at radius 1 is 1.10 bits per heavy atom. The molecule has 17 heteroatoms. The van der Waals surface area contributed by atoms with Gasteiger partial charge in [-0.3, -0.25) is 34.0 Å². The maximum atomic E-state index is 14.8. The number of hydrazine groups is 1. The number of pyridine rings is 1. The first-order chi connectivity index (χ1) is 32.1. The van der Waals surface area contributed by atoms with Gasteiger partial charge in [-0.25, -0.2) is 10.4 Å². The van der Waals surface area contributed by atoms with E-state index >= 15 is 0 Å². The van der Waals surface area contributed by atoms with Gasteiger partial charge in [0, 0.05) is 80.9 Å². The van der Waals surface area contributed by atoms with Crippen molar-refractivity contribution in [2.75, 3.05) is 40.4 Å². The summed E-state index contributed by atoms with van der Waals surface area (Å²) in [6.45, 7) is 10.7. The van der Waals surface area contributed by atoms with Crippen molar-refractivity contribution in [3.63, 3.8) is 0 Å². The van der Waals surface area contributed by atoms with Gasteiger partial charge in [0.1, 0.15) is 23.1 Å². The Kier molecular flexibility index (Phi) is 14.2. The minimum atomic E-state index is -1.11. The maximum absolute atomic E-state index is 14.8. The molecular formula is C50H63N9O7S. The van der Waals surface area contributed by atoms with E-state index in [-0.39, 0.29) is 49.3 Å². The predicted molar refractivity (Wildman–Crippen MR) is 254 cm³/mol. The number of carbonyl (C=O) groups is 5. The number of hydrogen-bond donors (Lipinski definition) is 2. The quantitative estimate of drug-likeness (QED) is 0.174. The summed E-state index contributed by atoms with van der Waals surface area (Å²) in [7, 11) is 5.38. The molecular weight excluding hydrogens is 871 g/mol. The second-order valence-corrected chi connectivity index (χ2v) is 20.4. The van der Waals surface area contributed by atoms with Crippen molar-refractivity contribution < 1.29 is 33.4 Å². The summed E-state index contributed by atoms with van der Waals surface area (Å²) in [5, 5.41) is 6.04. The number of likely N-dealkylation sites (tertiary alicyclic amines) is 1. The van der Waals surface area contributed by atoms with Crippen LogP contribution in [-0.2, 0) is 53.3 Å². The molecule has 4 aromatic rings. The molecule has 2 saturated heterocycles. The van der Waals surface area contributed by atoms with Gasteiger partial charge in [0.05, 0.1) is 30.0 Å². The van der Waals surface area contributed by atoms with E-state index in [1.165, 1.54) is 16.5 Å². The van der Waals surface area contributed by atoms with Crippen LogP contribution < -0.4 is 10.7 Å². The standard InChI is InChI=1S/C50H63N9O7S/c1-9-14-41(60)58-26-29(2)36(27-58)47(62)57(7)43(31-15-10-11-16-31)46(61)52-38-24-40-53-45(55-67-40)32-19-20-39-34(23-32)35(44(56(39)6)33-17-12-21-51-42(33)30(3)65-8)25-50(4,5)28-66-49(64)37-18-13-22-59(54-37)48(38)63/h12,17,19-21,23,29-31,36-38,43,54H,10-11,13,15-16,18,22,24-28H2,1-8H3,(H,52,61)/t29-,30-,36+,37-,38-,43-/m0/s1. The fourth-order valence-electron chi connectivity index (χ4n) is 10.5. The first-order valence-corrected chi connectivity index (χ1v) is 24.3. The zero-order chi connectivity index (χ0) is 47.7. The molecule has 8 rings (SSSR count). The van der Waals surface area contributed by atoms with E-state index in [4.69, 9.17) is 23.8 Å². The van der Waals surface area contributed by atoms with E-state index in [2.05, 4.69) is 59.2 Å². The van der Waals surface area contributed by atoms with Gasteiger partial charge >= 0.3 is 5.97 Å². The van der Waals surface area contributed by atoms with Gasteiger partial charge in [0.25, 0.3) is 11.8 Å². The highest BCUT2D eigenvalue weighted by Gasteiger charge is 2.44. The van der Waals surface area contributed by atoms with Gasteiger partial charge in [-0.15, -0.1) is 0 Å². The van der Waals surface area contributed by atoms with Crippen LogP contribution in [0.3, 0.4) is 0 Å². The highest BCUT2D eigenvalue weighted by atomic mass is 32.1. The molecule has 2 N–H and O–H groups in total. The third-order valence-electron chi connectivity index (χ3n) is 14.2. The van der Waals surface area contributed by atoms with Crippen LogP contribution in [0.5, 0.6) is 0 Å². The van der Waals surface area contributed by atoms with Gasteiger partial charge in [-0.2, -0.15) is 4.37 Å². The summed E-state index contributed by atoms with van der Waals surface area (Å²) in [5.41, 5.74) is 8.20. The van der Waals surface area contributed by atoms with Crippen molar-refractivity contribution in [3.8, 4) is 34.5 Å². The number of carbonyl (C=O) groups excluding carboxylic acids is 5. The van der Waals surface area contributed by atoms with Crippen molar-refractivity contribution >= 4 is 52.0 Å². The Morgan fingerprint density at radius 3 is 2.63 bits per heavy atom. The van der Waals surface area contributed by atoms with Gasteiger partial charge in [0.2, 0.25) is 11.8 Å². The van der Waals surface area contributed by atoms with Gasteiger partial charge < -0.3 is 29.2 Å². The number of amides is 4. The van der Waals surface area contributed by atoms with Crippen LogP contribution in [-0.4, -0.2) is 122 Å². The lowest BCUT2D eigenvalue weighted by Crippen LogP contribution is -2.62. The van der Waals surface area contributed by atoms with Crippen molar-refractivity contribution in [2.24, 2.45) is 30.2 Å². The molecule has 3 aliphatic heterocycles. The molecule has 0 radical (unpaired) electrons. The second kappa shape index (κ2) is 19.9. The lowest BCUT2D eigenvalue weighted by Gasteiger charge is -2.37. The Hall–Kier alpha value is -5.70. The number of benzene rings is 1. The van der Waals surface area contributed by atoms with Gasteiger partial charge in [0.15, 0.2) is 5.82 Å². The highest BCUT2D eigenvalue weighted by molar-refractivity contribution is 7.05. The largest absolute Gasteiger partial charge is 0.464 e. The van der Waals surface area contributed by atoms with E-state index < -0.39 is 47.2 Å². The average Bonchev–Trinajstić information content (AvgIpc) is 4.15. The minimum absolute atomic E-state index is 0.0262. The normalized spacial score (nSPS) is 23.2. The number of cyclic esters (lactones) is 1. The van der Waals surface area contributed by atoms with E-state index in [9.17, 15) is 24.0 Å². The lowest BCUT2D eigenvalue weighted by molar-refractivity contribution is -0.155. The molecule has 3 fully saturated rings. The van der Waals surface area contributed by atoms with E-state index in [0.717, 1.165) is 64.7 Å². The lowest BCUT2D eigenvalue weighted by atomic mass is 9.84. The summed E-state index contributed by atoms with van der Waals surface area (Å²) in [6.07, 6.45) is 6.43. The van der Waals surface area contributed by atoms with Crippen LogP contribution in [0.25, 0.3) is 33.5 Å².